The minimum atomic E-state index is -3.65. The largest absolute Gasteiger partial charge is 0.464 e. The molecule has 2 atom stereocenters. The van der Waals surface area contributed by atoms with Gasteiger partial charge in [0.15, 0.2) is 0 Å². The molecule has 1 aliphatic carbocycles. The summed E-state index contributed by atoms with van der Waals surface area (Å²) in [6, 6.07) is 8.54. The molecule has 0 amide bonds. The number of sulfonamides is 1. The first kappa shape index (κ1) is 15.2. The van der Waals surface area contributed by atoms with Gasteiger partial charge in [0.05, 0.1) is 11.4 Å². The minimum absolute atomic E-state index is 0.0685. The Morgan fingerprint density at radius 1 is 1.23 bits per heavy atom. The Labute approximate surface area is 129 Å². The van der Waals surface area contributed by atoms with Crippen LogP contribution in [0.1, 0.15) is 30.8 Å². The zero-order valence-electron chi connectivity index (χ0n) is 12.5. The summed E-state index contributed by atoms with van der Waals surface area (Å²) in [5, 5.41) is 0. The Morgan fingerprint density at radius 3 is 2.45 bits per heavy atom. The second-order valence-corrected chi connectivity index (χ2v) is 7.88. The van der Waals surface area contributed by atoms with Gasteiger partial charge in [0.2, 0.25) is 10.0 Å². The maximum Gasteiger partial charge on any atom is 0.243 e. The van der Waals surface area contributed by atoms with Crippen LogP contribution in [-0.4, -0.2) is 19.8 Å². The van der Waals surface area contributed by atoms with Crippen molar-refractivity contribution in [1.29, 1.82) is 0 Å². The molecule has 22 heavy (non-hydrogen) atoms. The standard InChI is InChI=1S/C16H18FNO3S/c1-11-9-15(11)16-8-5-13(21-16)10-18(2)22(19,20)14-6-3-12(17)4-7-14/h3-8,11,15H,9-10H2,1-2H3/t11-,15+/m0/s1. The number of nitrogens with zero attached hydrogens (tertiary/aromatic N) is 1. The molecule has 1 aliphatic rings. The molecular weight excluding hydrogens is 305 g/mol. The van der Waals surface area contributed by atoms with Crippen LogP contribution in [0.2, 0.25) is 0 Å². The van der Waals surface area contributed by atoms with Crippen LogP contribution in [0.15, 0.2) is 45.7 Å². The molecule has 6 heteroatoms. The van der Waals surface area contributed by atoms with Gasteiger partial charge in [0, 0.05) is 13.0 Å². The molecule has 2 aromatic rings. The van der Waals surface area contributed by atoms with Crippen molar-refractivity contribution in [2.45, 2.75) is 30.7 Å². The number of halogens is 1. The topological polar surface area (TPSA) is 50.5 Å². The third-order valence-electron chi connectivity index (χ3n) is 4.06. The zero-order chi connectivity index (χ0) is 15.9. The molecule has 0 aliphatic heterocycles. The fourth-order valence-electron chi connectivity index (χ4n) is 2.49. The highest BCUT2D eigenvalue weighted by molar-refractivity contribution is 7.89. The second kappa shape index (κ2) is 5.52. The van der Waals surface area contributed by atoms with Gasteiger partial charge in [-0.3, -0.25) is 0 Å². The van der Waals surface area contributed by atoms with Gasteiger partial charge in [-0.2, -0.15) is 4.31 Å². The molecule has 0 unspecified atom stereocenters. The molecule has 4 nitrogen and oxygen atoms in total. The van der Waals surface area contributed by atoms with E-state index >= 15 is 0 Å². The molecular formula is C16H18FNO3S. The van der Waals surface area contributed by atoms with E-state index in [0.29, 0.717) is 17.6 Å². The molecule has 0 N–H and O–H groups in total. The molecule has 3 rings (SSSR count). The quantitative estimate of drug-likeness (QED) is 0.848. The van der Waals surface area contributed by atoms with Crippen LogP contribution in [-0.2, 0) is 16.6 Å². The van der Waals surface area contributed by atoms with Crippen molar-refractivity contribution in [1.82, 2.24) is 4.31 Å². The molecule has 118 valence electrons. The van der Waals surface area contributed by atoms with Crippen LogP contribution in [0.25, 0.3) is 0 Å². The summed E-state index contributed by atoms with van der Waals surface area (Å²) in [5.41, 5.74) is 0. The zero-order valence-corrected chi connectivity index (χ0v) is 13.3. The number of rotatable bonds is 5. The van der Waals surface area contributed by atoms with E-state index in [4.69, 9.17) is 4.42 Å². The Hall–Kier alpha value is -1.66. The first-order valence-electron chi connectivity index (χ1n) is 7.18. The van der Waals surface area contributed by atoms with Crippen molar-refractivity contribution in [3.8, 4) is 0 Å². The van der Waals surface area contributed by atoms with Gasteiger partial charge < -0.3 is 4.42 Å². The van der Waals surface area contributed by atoms with E-state index in [-0.39, 0.29) is 11.4 Å². The predicted octanol–water partition coefficient (Wildman–Crippen LogP) is 3.36. The molecule has 1 aromatic heterocycles. The molecule has 1 saturated carbocycles. The smallest absolute Gasteiger partial charge is 0.243 e. The highest BCUT2D eigenvalue weighted by atomic mass is 32.2. The number of hydrogen-bond donors (Lipinski definition) is 0. The summed E-state index contributed by atoms with van der Waals surface area (Å²) < 4.78 is 44.7. The van der Waals surface area contributed by atoms with Gasteiger partial charge >= 0.3 is 0 Å². The van der Waals surface area contributed by atoms with Crippen LogP contribution in [0.3, 0.4) is 0 Å². The van der Waals surface area contributed by atoms with Gasteiger partial charge in [-0.05, 0) is 48.7 Å². The lowest BCUT2D eigenvalue weighted by molar-refractivity contribution is 0.389. The third-order valence-corrected chi connectivity index (χ3v) is 5.88. The maximum absolute atomic E-state index is 12.9. The highest BCUT2D eigenvalue weighted by Gasteiger charge is 2.36. The van der Waals surface area contributed by atoms with Crippen LogP contribution < -0.4 is 0 Å². The van der Waals surface area contributed by atoms with E-state index in [1.165, 1.54) is 23.5 Å². The van der Waals surface area contributed by atoms with Crippen LogP contribution >= 0.6 is 0 Å². The number of furan rings is 1. The van der Waals surface area contributed by atoms with Gasteiger partial charge in [-0.15, -0.1) is 0 Å². The molecule has 0 radical (unpaired) electrons. The van der Waals surface area contributed by atoms with E-state index in [0.717, 1.165) is 24.3 Å². The minimum Gasteiger partial charge on any atom is -0.464 e. The van der Waals surface area contributed by atoms with Crippen molar-refractivity contribution in [2.75, 3.05) is 7.05 Å². The Balaban J connectivity index is 1.74. The number of benzene rings is 1. The normalized spacial score (nSPS) is 21.3. The third kappa shape index (κ3) is 2.94. The Bertz CT molecular complexity index is 767. The van der Waals surface area contributed by atoms with E-state index in [1.807, 2.05) is 12.1 Å². The average molecular weight is 323 g/mol. The SMILES string of the molecule is C[C@H]1C[C@H]1c1ccc(CN(C)S(=O)(=O)c2ccc(F)cc2)o1. The van der Waals surface area contributed by atoms with E-state index < -0.39 is 15.8 Å². The predicted molar refractivity (Wildman–Crippen MR) is 80.3 cm³/mol. The summed E-state index contributed by atoms with van der Waals surface area (Å²) in [5.74, 6) is 2.18. The molecule has 0 saturated heterocycles. The molecule has 0 spiro atoms. The first-order chi connectivity index (χ1) is 10.4. The lowest BCUT2D eigenvalue weighted by Gasteiger charge is -2.15. The average Bonchev–Trinajstić information content (AvgIpc) is 3.02. The van der Waals surface area contributed by atoms with Crippen LogP contribution in [0, 0.1) is 11.7 Å². The summed E-state index contributed by atoms with van der Waals surface area (Å²) in [6.07, 6.45) is 1.12. The van der Waals surface area contributed by atoms with Gasteiger partial charge in [0.1, 0.15) is 17.3 Å². The van der Waals surface area contributed by atoms with E-state index in [9.17, 15) is 12.8 Å². The van der Waals surface area contributed by atoms with Crippen molar-refractivity contribution in [3.05, 3.63) is 53.7 Å². The summed E-state index contributed by atoms with van der Waals surface area (Å²) in [7, 11) is -2.17. The van der Waals surface area contributed by atoms with Crippen LogP contribution in [0.5, 0.6) is 0 Å². The van der Waals surface area contributed by atoms with Crippen LogP contribution in [0.4, 0.5) is 4.39 Å². The van der Waals surface area contributed by atoms with Crippen molar-refractivity contribution < 1.29 is 17.2 Å². The number of hydrogen-bond acceptors (Lipinski definition) is 3. The fourth-order valence-corrected chi connectivity index (χ4v) is 3.63. The van der Waals surface area contributed by atoms with E-state index in [1.54, 1.807) is 0 Å². The second-order valence-electron chi connectivity index (χ2n) is 5.84. The van der Waals surface area contributed by atoms with Gasteiger partial charge in [-0.1, -0.05) is 6.92 Å². The fraction of sp³-hybridized carbons (Fsp3) is 0.375. The summed E-state index contributed by atoms with van der Waals surface area (Å²) in [4.78, 5) is 0.0685. The summed E-state index contributed by atoms with van der Waals surface area (Å²) in [6.45, 7) is 2.32. The molecule has 0 bridgehead atoms. The monoisotopic (exact) mass is 323 g/mol. The molecule has 1 fully saturated rings. The molecule has 1 aromatic carbocycles. The Morgan fingerprint density at radius 2 is 1.86 bits per heavy atom. The van der Waals surface area contributed by atoms with Crippen molar-refractivity contribution in [2.24, 2.45) is 5.92 Å². The maximum atomic E-state index is 12.9. The van der Waals surface area contributed by atoms with Gasteiger partial charge in [-0.25, -0.2) is 12.8 Å². The lowest BCUT2D eigenvalue weighted by atomic mass is 10.3. The van der Waals surface area contributed by atoms with Crippen molar-refractivity contribution >= 4 is 10.0 Å². The lowest BCUT2D eigenvalue weighted by Crippen LogP contribution is -2.26. The first-order valence-corrected chi connectivity index (χ1v) is 8.62. The van der Waals surface area contributed by atoms with Gasteiger partial charge in [0.25, 0.3) is 0 Å². The molecule has 1 heterocycles. The van der Waals surface area contributed by atoms with E-state index in [2.05, 4.69) is 6.92 Å². The highest BCUT2D eigenvalue weighted by Crippen LogP contribution is 2.47. The van der Waals surface area contributed by atoms with Crippen molar-refractivity contribution in [3.63, 3.8) is 0 Å². The summed E-state index contributed by atoms with van der Waals surface area (Å²) >= 11 is 0. The Kier molecular flexibility index (Phi) is 3.82.